The summed E-state index contributed by atoms with van der Waals surface area (Å²) in [7, 11) is 0. The van der Waals surface area contributed by atoms with Crippen LogP contribution in [-0.4, -0.2) is 6.61 Å². The molecular formula is C10H12BrFO. The molecule has 0 saturated heterocycles. The lowest BCUT2D eigenvalue weighted by Crippen LogP contribution is -1.94. The molecule has 1 nitrogen and oxygen atoms in total. The molecule has 0 aromatic heterocycles. The van der Waals surface area contributed by atoms with Crippen LogP contribution in [0.3, 0.4) is 0 Å². The molecule has 72 valence electrons. The van der Waals surface area contributed by atoms with Crippen LogP contribution in [0.5, 0.6) is 0 Å². The van der Waals surface area contributed by atoms with Gasteiger partial charge in [-0.2, -0.15) is 0 Å². The fourth-order valence-electron chi connectivity index (χ4n) is 0.967. The summed E-state index contributed by atoms with van der Waals surface area (Å²) in [5.74, 6) is 0.0432. The van der Waals surface area contributed by atoms with Gasteiger partial charge in [-0.25, -0.2) is 4.39 Å². The number of hydrogen-bond acceptors (Lipinski definition) is 1. The molecule has 13 heavy (non-hydrogen) atoms. The van der Waals surface area contributed by atoms with E-state index in [4.69, 9.17) is 4.74 Å². The predicted molar refractivity (Wildman–Crippen MR) is 55.1 cm³/mol. The maximum atomic E-state index is 13.3. The molecule has 0 spiro atoms. The van der Waals surface area contributed by atoms with Gasteiger partial charge in [0, 0.05) is 4.48 Å². The monoisotopic (exact) mass is 246 g/mol. The van der Waals surface area contributed by atoms with Gasteiger partial charge in [-0.15, -0.1) is 0 Å². The van der Waals surface area contributed by atoms with Gasteiger partial charge in [0.1, 0.15) is 0 Å². The predicted octanol–water partition coefficient (Wildman–Crippen LogP) is 3.83. The normalized spacial score (nSPS) is 17.0. The third-order valence-corrected chi connectivity index (χ3v) is 2.13. The number of rotatable bonds is 3. The summed E-state index contributed by atoms with van der Waals surface area (Å²) in [5, 5.41) is 0. The zero-order valence-electron chi connectivity index (χ0n) is 7.52. The van der Waals surface area contributed by atoms with Crippen LogP contribution in [0.15, 0.2) is 34.3 Å². The number of halogens is 2. The van der Waals surface area contributed by atoms with Crippen molar-refractivity contribution in [1.82, 2.24) is 0 Å². The van der Waals surface area contributed by atoms with Gasteiger partial charge in [-0.1, -0.05) is 28.9 Å². The number of allylic oxidation sites excluding steroid dienone is 5. The van der Waals surface area contributed by atoms with Crippen LogP contribution in [-0.2, 0) is 4.74 Å². The highest BCUT2D eigenvalue weighted by atomic mass is 79.9. The topological polar surface area (TPSA) is 9.23 Å². The van der Waals surface area contributed by atoms with Crippen LogP contribution in [0.2, 0.25) is 0 Å². The number of ether oxygens (including phenoxy) is 1. The Kier molecular flexibility index (Phi) is 4.22. The van der Waals surface area contributed by atoms with Crippen molar-refractivity contribution in [2.24, 2.45) is 0 Å². The van der Waals surface area contributed by atoms with Gasteiger partial charge in [-0.05, 0) is 25.0 Å². The Hall–Kier alpha value is -0.570. The molecule has 1 aliphatic carbocycles. The summed E-state index contributed by atoms with van der Waals surface area (Å²) in [4.78, 5) is 0. The molecule has 0 bridgehead atoms. The summed E-state index contributed by atoms with van der Waals surface area (Å²) < 4.78 is 19.3. The summed E-state index contributed by atoms with van der Waals surface area (Å²) in [6.07, 6.45) is 6.65. The van der Waals surface area contributed by atoms with E-state index in [1.807, 2.05) is 13.0 Å². The van der Waals surface area contributed by atoms with Crippen molar-refractivity contribution in [3.8, 4) is 0 Å². The van der Waals surface area contributed by atoms with Crippen molar-refractivity contribution in [2.75, 3.05) is 6.61 Å². The van der Waals surface area contributed by atoms with E-state index < -0.39 is 0 Å². The van der Waals surface area contributed by atoms with Crippen molar-refractivity contribution < 1.29 is 9.13 Å². The molecule has 0 aromatic carbocycles. The van der Waals surface area contributed by atoms with Gasteiger partial charge in [0.25, 0.3) is 0 Å². The maximum Gasteiger partial charge on any atom is 0.165 e. The first-order valence-corrected chi connectivity index (χ1v) is 5.09. The molecule has 0 N–H and O–H groups in total. The standard InChI is InChI=1S/C10H12BrFO/c1-2-6-13-10-5-3-4-8(11)7-9(10)12/h4-5,7H,2-3,6H2,1H3. The van der Waals surface area contributed by atoms with Crippen LogP contribution in [0, 0.1) is 0 Å². The molecule has 3 heteroatoms. The lowest BCUT2D eigenvalue weighted by Gasteiger charge is -2.05. The molecule has 0 aliphatic heterocycles. The minimum absolute atomic E-state index is 0.311. The van der Waals surface area contributed by atoms with Gasteiger partial charge >= 0.3 is 0 Å². The Labute approximate surface area is 86.1 Å². The van der Waals surface area contributed by atoms with E-state index in [0.29, 0.717) is 18.8 Å². The quantitative estimate of drug-likeness (QED) is 0.736. The Morgan fingerprint density at radius 1 is 1.54 bits per heavy atom. The highest BCUT2D eigenvalue weighted by molar-refractivity contribution is 9.11. The van der Waals surface area contributed by atoms with Crippen molar-refractivity contribution in [3.05, 3.63) is 34.3 Å². The third-order valence-electron chi connectivity index (χ3n) is 1.58. The van der Waals surface area contributed by atoms with E-state index in [2.05, 4.69) is 15.9 Å². The van der Waals surface area contributed by atoms with E-state index in [0.717, 1.165) is 10.9 Å². The molecule has 0 fully saturated rings. The van der Waals surface area contributed by atoms with Crippen LogP contribution in [0.1, 0.15) is 19.8 Å². The van der Waals surface area contributed by atoms with Gasteiger partial charge in [0.2, 0.25) is 0 Å². The third kappa shape index (κ3) is 3.35. The molecule has 0 amide bonds. The molecular weight excluding hydrogens is 235 g/mol. The highest BCUT2D eigenvalue weighted by Gasteiger charge is 2.07. The van der Waals surface area contributed by atoms with Crippen LogP contribution >= 0.6 is 15.9 Å². The second kappa shape index (κ2) is 5.22. The van der Waals surface area contributed by atoms with Gasteiger partial charge < -0.3 is 4.74 Å². The van der Waals surface area contributed by atoms with Crippen LogP contribution in [0.25, 0.3) is 0 Å². The van der Waals surface area contributed by atoms with E-state index in [9.17, 15) is 4.39 Å². The van der Waals surface area contributed by atoms with E-state index in [1.165, 1.54) is 6.08 Å². The molecule has 0 saturated carbocycles. The zero-order valence-corrected chi connectivity index (χ0v) is 9.10. The van der Waals surface area contributed by atoms with Crippen LogP contribution in [0.4, 0.5) is 4.39 Å². The molecule has 0 atom stereocenters. The second-order valence-corrected chi connectivity index (χ2v) is 3.65. The van der Waals surface area contributed by atoms with Crippen molar-refractivity contribution >= 4 is 15.9 Å². The van der Waals surface area contributed by atoms with E-state index >= 15 is 0 Å². The first-order chi connectivity index (χ1) is 6.24. The van der Waals surface area contributed by atoms with E-state index in [1.54, 1.807) is 6.08 Å². The molecule has 0 heterocycles. The Bertz CT molecular complexity index is 266. The summed E-state index contributed by atoms with van der Waals surface area (Å²) in [6.45, 7) is 2.55. The Morgan fingerprint density at radius 3 is 3.00 bits per heavy atom. The van der Waals surface area contributed by atoms with Crippen molar-refractivity contribution in [2.45, 2.75) is 19.8 Å². The maximum absolute atomic E-state index is 13.3. The lowest BCUT2D eigenvalue weighted by molar-refractivity contribution is 0.208. The largest absolute Gasteiger partial charge is 0.491 e. The zero-order chi connectivity index (χ0) is 9.68. The van der Waals surface area contributed by atoms with E-state index in [-0.39, 0.29) is 5.83 Å². The summed E-state index contributed by atoms with van der Waals surface area (Å²) in [6, 6.07) is 0. The van der Waals surface area contributed by atoms with Gasteiger partial charge in [0.05, 0.1) is 6.61 Å². The lowest BCUT2D eigenvalue weighted by atomic mass is 10.3. The van der Waals surface area contributed by atoms with Crippen molar-refractivity contribution in [3.63, 3.8) is 0 Å². The Balaban J connectivity index is 2.65. The minimum Gasteiger partial charge on any atom is -0.491 e. The molecule has 1 rings (SSSR count). The SMILES string of the molecule is CCCOC1=CCC=C(Br)C=C1F. The molecule has 0 radical (unpaired) electrons. The second-order valence-electron chi connectivity index (χ2n) is 2.73. The Morgan fingerprint density at radius 2 is 2.31 bits per heavy atom. The average molecular weight is 247 g/mol. The summed E-state index contributed by atoms with van der Waals surface area (Å²) in [5.41, 5.74) is 0. The fraction of sp³-hybridized carbons (Fsp3) is 0.400. The smallest absolute Gasteiger partial charge is 0.165 e. The number of hydrogen-bond donors (Lipinski definition) is 0. The van der Waals surface area contributed by atoms with Crippen LogP contribution < -0.4 is 0 Å². The minimum atomic E-state index is -0.311. The summed E-state index contributed by atoms with van der Waals surface area (Å²) >= 11 is 3.23. The first kappa shape index (κ1) is 10.5. The highest BCUT2D eigenvalue weighted by Crippen LogP contribution is 2.23. The molecule has 0 unspecified atom stereocenters. The van der Waals surface area contributed by atoms with Gasteiger partial charge in [0.15, 0.2) is 11.6 Å². The van der Waals surface area contributed by atoms with Gasteiger partial charge in [-0.3, -0.25) is 0 Å². The fourth-order valence-corrected chi connectivity index (χ4v) is 1.35. The van der Waals surface area contributed by atoms with Crippen molar-refractivity contribution in [1.29, 1.82) is 0 Å². The molecule has 0 aromatic rings. The first-order valence-electron chi connectivity index (χ1n) is 4.30. The molecule has 1 aliphatic rings. The average Bonchev–Trinajstić information content (AvgIpc) is 2.24.